The highest BCUT2D eigenvalue weighted by Gasteiger charge is 2.30. The van der Waals surface area contributed by atoms with E-state index >= 15 is 0 Å². The normalized spacial score (nSPS) is 12.4. The van der Waals surface area contributed by atoms with Crippen molar-refractivity contribution in [2.45, 2.75) is 39.9 Å². The Morgan fingerprint density at radius 1 is 1.06 bits per heavy atom. The van der Waals surface area contributed by atoms with Crippen LogP contribution in [0, 0.1) is 0 Å². The standard InChI is InChI=1S/C11H18NO3P/c1-9(2)14-16(13,15-10(3)4)11-5-7-12-8-6-11/h5-10H,1-4H3. The van der Waals surface area contributed by atoms with Gasteiger partial charge in [-0.15, -0.1) is 0 Å². The maximum Gasteiger partial charge on any atom is 0.361 e. The largest absolute Gasteiger partial charge is 0.361 e. The van der Waals surface area contributed by atoms with Gasteiger partial charge in [0.1, 0.15) is 0 Å². The zero-order chi connectivity index (χ0) is 12.2. The second kappa shape index (κ2) is 5.58. The van der Waals surface area contributed by atoms with Crippen molar-refractivity contribution in [3.63, 3.8) is 0 Å². The molecule has 0 fully saturated rings. The van der Waals surface area contributed by atoms with E-state index in [2.05, 4.69) is 4.98 Å². The predicted octanol–water partition coefficient (Wildman–Crippen LogP) is 2.75. The molecule has 1 aromatic heterocycles. The summed E-state index contributed by atoms with van der Waals surface area (Å²) in [7, 11) is -3.22. The Hall–Kier alpha value is -0.700. The van der Waals surface area contributed by atoms with Crippen molar-refractivity contribution in [1.29, 1.82) is 0 Å². The topological polar surface area (TPSA) is 48.4 Å². The lowest BCUT2D eigenvalue weighted by molar-refractivity contribution is 0.150. The lowest BCUT2D eigenvalue weighted by Gasteiger charge is -2.22. The molecule has 1 aromatic rings. The van der Waals surface area contributed by atoms with Crippen LogP contribution in [0.3, 0.4) is 0 Å². The molecule has 0 unspecified atom stereocenters. The van der Waals surface area contributed by atoms with Crippen molar-refractivity contribution in [3.05, 3.63) is 24.5 Å². The summed E-state index contributed by atoms with van der Waals surface area (Å²) in [5.41, 5.74) is 0. The molecule has 1 heterocycles. The molecular weight excluding hydrogens is 225 g/mol. The number of pyridine rings is 1. The molecule has 16 heavy (non-hydrogen) atoms. The first-order valence-corrected chi connectivity index (χ1v) is 6.86. The van der Waals surface area contributed by atoms with Gasteiger partial charge in [-0.1, -0.05) is 0 Å². The van der Waals surface area contributed by atoms with Crippen LogP contribution in [0.25, 0.3) is 0 Å². The van der Waals surface area contributed by atoms with Gasteiger partial charge in [-0.3, -0.25) is 9.55 Å². The molecule has 0 radical (unpaired) electrons. The zero-order valence-electron chi connectivity index (χ0n) is 10.1. The second-order valence-electron chi connectivity index (χ2n) is 4.01. The monoisotopic (exact) mass is 243 g/mol. The van der Waals surface area contributed by atoms with Gasteiger partial charge >= 0.3 is 7.60 Å². The fourth-order valence-electron chi connectivity index (χ4n) is 1.23. The average molecular weight is 243 g/mol. The molecule has 0 aliphatic rings. The number of aromatic nitrogens is 1. The molecule has 5 heteroatoms. The van der Waals surface area contributed by atoms with Gasteiger partial charge in [0.2, 0.25) is 0 Å². The van der Waals surface area contributed by atoms with Crippen LogP contribution in [0.4, 0.5) is 0 Å². The van der Waals surface area contributed by atoms with Crippen LogP contribution in [-0.4, -0.2) is 17.2 Å². The van der Waals surface area contributed by atoms with Crippen molar-refractivity contribution in [3.8, 4) is 0 Å². The van der Waals surface area contributed by atoms with Crippen molar-refractivity contribution in [2.75, 3.05) is 0 Å². The summed E-state index contributed by atoms with van der Waals surface area (Å²) in [4.78, 5) is 3.88. The fraction of sp³-hybridized carbons (Fsp3) is 0.545. The first-order valence-electron chi connectivity index (χ1n) is 5.31. The first kappa shape index (κ1) is 13.4. The van der Waals surface area contributed by atoms with E-state index in [1.807, 2.05) is 27.7 Å². The number of rotatable bonds is 5. The van der Waals surface area contributed by atoms with Crippen LogP contribution in [0.5, 0.6) is 0 Å². The quantitative estimate of drug-likeness (QED) is 0.746. The summed E-state index contributed by atoms with van der Waals surface area (Å²) in [5.74, 6) is 0. The van der Waals surface area contributed by atoms with Gasteiger partial charge in [0.15, 0.2) is 0 Å². The third-order valence-corrected chi connectivity index (χ3v) is 4.01. The Morgan fingerprint density at radius 3 is 1.88 bits per heavy atom. The van der Waals surface area contributed by atoms with Crippen molar-refractivity contribution >= 4 is 12.9 Å². The summed E-state index contributed by atoms with van der Waals surface area (Å²) in [6, 6.07) is 3.32. The van der Waals surface area contributed by atoms with E-state index in [1.165, 1.54) is 0 Å². The van der Waals surface area contributed by atoms with Crippen molar-refractivity contribution in [1.82, 2.24) is 4.98 Å². The minimum Gasteiger partial charge on any atom is -0.302 e. The Bertz CT molecular complexity index is 351. The van der Waals surface area contributed by atoms with E-state index in [1.54, 1.807) is 24.5 Å². The van der Waals surface area contributed by atoms with E-state index in [-0.39, 0.29) is 12.2 Å². The third-order valence-electron chi connectivity index (χ3n) is 1.68. The van der Waals surface area contributed by atoms with E-state index in [9.17, 15) is 4.57 Å². The third kappa shape index (κ3) is 3.71. The van der Waals surface area contributed by atoms with Crippen LogP contribution in [0.1, 0.15) is 27.7 Å². The Balaban J connectivity index is 3.00. The minimum atomic E-state index is -3.22. The minimum absolute atomic E-state index is 0.155. The highest BCUT2D eigenvalue weighted by Crippen LogP contribution is 2.49. The summed E-state index contributed by atoms with van der Waals surface area (Å²) < 4.78 is 23.4. The molecule has 90 valence electrons. The van der Waals surface area contributed by atoms with E-state index in [4.69, 9.17) is 9.05 Å². The molecule has 0 aromatic carbocycles. The summed E-state index contributed by atoms with van der Waals surface area (Å²) in [5, 5.41) is 0.546. The Kier molecular flexibility index (Phi) is 4.66. The molecular formula is C11H18NO3P. The molecule has 0 spiro atoms. The summed E-state index contributed by atoms with van der Waals surface area (Å²) >= 11 is 0. The number of nitrogens with zero attached hydrogens (tertiary/aromatic N) is 1. The lowest BCUT2D eigenvalue weighted by atomic mass is 10.5. The molecule has 0 aliphatic carbocycles. The van der Waals surface area contributed by atoms with Crippen LogP contribution < -0.4 is 5.30 Å². The van der Waals surface area contributed by atoms with Crippen LogP contribution in [0.2, 0.25) is 0 Å². The molecule has 0 atom stereocenters. The molecule has 0 N–H and O–H groups in total. The zero-order valence-corrected chi connectivity index (χ0v) is 11.0. The molecule has 0 saturated carbocycles. The number of hydrogen-bond acceptors (Lipinski definition) is 4. The summed E-state index contributed by atoms with van der Waals surface area (Å²) in [6.45, 7) is 7.32. The van der Waals surface area contributed by atoms with Gasteiger partial charge in [0.05, 0.1) is 17.5 Å². The lowest BCUT2D eigenvalue weighted by Crippen LogP contribution is -2.16. The van der Waals surface area contributed by atoms with Gasteiger partial charge < -0.3 is 9.05 Å². The van der Waals surface area contributed by atoms with Crippen molar-refractivity contribution in [2.24, 2.45) is 0 Å². The van der Waals surface area contributed by atoms with Crippen LogP contribution >= 0.6 is 7.60 Å². The molecule has 1 rings (SSSR count). The second-order valence-corrected chi connectivity index (χ2v) is 5.94. The maximum atomic E-state index is 12.6. The molecule has 0 amide bonds. The van der Waals surface area contributed by atoms with Crippen LogP contribution in [-0.2, 0) is 13.6 Å². The fourth-order valence-corrected chi connectivity index (χ4v) is 3.13. The average Bonchev–Trinajstić information content (AvgIpc) is 2.16. The SMILES string of the molecule is CC(C)OP(=O)(OC(C)C)c1ccncc1. The molecule has 0 aliphatic heterocycles. The van der Waals surface area contributed by atoms with Crippen LogP contribution in [0.15, 0.2) is 24.5 Å². The first-order chi connectivity index (χ1) is 7.44. The van der Waals surface area contributed by atoms with E-state index in [0.717, 1.165) is 0 Å². The van der Waals surface area contributed by atoms with Gasteiger partial charge in [0, 0.05) is 12.4 Å². The van der Waals surface area contributed by atoms with Crippen molar-refractivity contribution < 1.29 is 13.6 Å². The Morgan fingerprint density at radius 2 is 1.50 bits per heavy atom. The van der Waals surface area contributed by atoms with E-state index < -0.39 is 7.60 Å². The molecule has 0 bridgehead atoms. The maximum absolute atomic E-state index is 12.6. The predicted molar refractivity (Wildman–Crippen MR) is 63.9 cm³/mol. The van der Waals surface area contributed by atoms with Gasteiger partial charge in [0.25, 0.3) is 0 Å². The molecule has 4 nitrogen and oxygen atoms in total. The molecule has 0 saturated heterocycles. The van der Waals surface area contributed by atoms with Gasteiger partial charge in [-0.2, -0.15) is 0 Å². The van der Waals surface area contributed by atoms with Gasteiger partial charge in [-0.05, 0) is 39.8 Å². The van der Waals surface area contributed by atoms with Gasteiger partial charge in [-0.25, -0.2) is 0 Å². The Labute approximate surface area is 96.5 Å². The highest BCUT2D eigenvalue weighted by molar-refractivity contribution is 7.62. The highest BCUT2D eigenvalue weighted by atomic mass is 31.2. The number of hydrogen-bond donors (Lipinski definition) is 0. The smallest absolute Gasteiger partial charge is 0.302 e. The summed E-state index contributed by atoms with van der Waals surface area (Å²) in [6.07, 6.45) is 2.85. The van der Waals surface area contributed by atoms with E-state index in [0.29, 0.717) is 5.30 Å².